The van der Waals surface area contributed by atoms with Crippen LogP contribution in [0, 0.1) is 6.92 Å². The van der Waals surface area contributed by atoms with E-state index in [1.54, 1.807) is 19.2 Å². The summed E-state index contributed by atoms with van der Waals surface area (Å²) in [4.78, 5) is 16.3. The van der Waals surface area contributed by atoms with Crippen molar-refractivity contribution in [3.8, 4) is 5.75 Å². The van der Waals surface area contributed by atoms with Crippen LogP contribution in [0.2, 0.25) is 0 Å². The Morgan fingerprint density at radius 2 is 1.75 bits per heavy atom. The van der Waals surface area contributed by atoms with E-state index in [0.717, 1.165) is 23.3 Å². The van der Waals surface area contributed by atoms with Gasteiger partial charge in [0.2, 0.25) is 0 Å². The van der Waals surface area contributed by atoms with Gasteiger partial charge in [0.1, 0.15) is 12.4 Å². The van der Waals surface area contributed by atoms with E-state index in [-0.39, 0.29) is 29.9 Å². The number of amides is 1. The summed E-state index contributed by atoms with van der Waals surface area (Å²) in [6, 6.07) is 15.4. The molecule has 8 heteroatoms. The molecule has 3 N–H and O–H groups in total. The van der Waals surface area contributed by atoms with Crippen LogP contribution >= 0.6 is 24.0 Å². The summed E-state index contributed by atoms with van der Waals surface area (Å²) in [5.74, 6) is 1.50. The first kappa shape index (κ1) is 27.7. The first-order chi connectivity index (χ1) is 15.1. The van der Waals surface area contributed by atoms with E-state index in [0.29, 0.717) is 51.0 Å². The number of benzene rings is 2. The molecule has 2 aromatic rings. The Labute approximate surface area is 208 Å². The van der Waals surface area contributed by atoms with E-state index >= 15 is 0 Å². The van der Waals surface area contributed by atoms with Crippen LogP contribution in [0.3, 0.4) is 0 Å². The van der Waals surface area contributed by atoms with Crippen LogP contribution in [-0.4, -0.2) is 51.8 Å². The Kier molecular flexibility index (Phi) is 14.1. The smallest absolute Gasteiger partial charge is 0.251 e. The first-order valence-electron chi connectivity index (χ1n) is 10.7. The maximum absolute atomic E-state index is 12.0. The lowest BCUT2D eigenvalue weighted by Gasteiger charge is -2.15. The topological polar surface area (TPSA) is 84.0 Å². The molecule has 0 spiro atoms. The monoisotopic (exact) mass is 554 g/mol. The number of guanidine groups is 1. The van der Waals surface area contributed by atoms with Gasteiger partial charge < -0.3 is 25.4 Å². The quantitative estimate of drug-likeness (QED) is 0.162. The Morgan fingerprint density at radius 3 is 2.47 bits per heavy atom. The van der Waals surface area contributed by atoms with Crippen LogP contribution in [0.4, 0.5) is 0 Å². The maximum atomic E-state index is 12.0. The summed E-state index contributed by atoms with van der Waals surface area (Å²) in [5.41, 5.74) is 2.88. The fraction of sp³-hybridized carbons (Fsp3) is 0.417. The second kappa shape index (κ2) is 16.3. The predicted octanol–water partition coefficient (Wildman–Crippen LogP) is 3.51. The highest BCUT2D eigenvalue weighted by atomic mass is 127. The number of hydrogen-bond donors (Lipinski definition) is 3. The number of carbonyl (C=O) groups excluding carboxylic acids is 1. The molecule has 0 aromatic heterocycles. The molecule has 1 amide bonds. The lowest BCUT2D eigenvalue weighted by molar-refractivity contribution is 0.0953. The van der Waals surface area contributed by atoms with Crippen molar-refractivity contribution in [3.63, 3.8) is 0 Å². The zero-order valence-corrected chi connectivity index (χ0v) is 21.5. The van der Waals surface area contributed by atoms with Crippen LogP contribution in [0.25, 0.3) is 0 Å². The van der Waals surface area contributed by atoms with Gasteiger partial charge in [-0.2, -0.15) is 0 Å². The van der Waals surface area contributed by atoms with Gasteiger partial charge in [-0.1, -0.05) is 30.3 Å². The summed E-state index contributed by atoms with van der Waals surface area (Å²) in [7, 11) is 1.74. The molecule has 0 bridgehead atoms. The molecule has 0 saturated carbocycles. The highest BCUT2D eigenvalue weighted by Gasteiger charge is 2.07. The van der Waals surface area contributed by atoms with Gasteiger partial charge in [-0.15, -0.1) is 24.0 Å². The molecule has 0 atom stereocenters. The number of nitrogens with one attached hydrogen (secondary N) is 3. The average Bonchev–Trinajstić information content (AvgIpc) is 2.80. The fourth-order valence-corrected chi connectivity index (χ4v) is 2.89. The molecule has 0 heterocycles. The lowest BCUT2D eigenvalue weighted by Crippen LogP contribution is -2.38. The number of halogens is 1. The highest BCUT2D eigenvalue weighted by Crippen LogP contribution is 2.20. The normalized spacial score (nSPS) is 10.8. The van der Waals surface area contributed by atoms with Crippen LogP contribution in [0.1, 0.15) is 34.8 Å². The van der Waals surface area contributed by atoms with Gasteiger partial charge in [0.15, 0.2) is 5.96 Å². The Hall–Kier alpha value is -2.33. The number of hydrogen-bond acceptors (Lipinski definition) is 4. The molecule has 0 fully saturated rings. The number of carbonyl (C=O) groups is 1. The van der Waals surface area contributed by atoms with Crippen molar-refractivity contribution in [2.45, 2.75) is 26.8 Å². The van der Waals surface area contributed by atoms with E-state index < -0.39 is 0 Å². The van der Waals surface area contributed by atoms with Crippen LogP contribution < -0.4 is 20.7 Å². The largest absolute Gasteiger partial charge is 0.491 e. The minimum atomic E-state index is -0.0562. The molecule has 0 radical (unpaired) electrons. The van der Waals surface area contributed by atoms with Crippen molar-refractivity contribution >= 4 is 35.8 Å². The number of ether oxygens (including phenoxy) is 2. The number of aryl methyl sites for hydroxylation is 1. The zero-order valence-electron chi connectivity index (χ0n) is 19.1. The van der Waals surface area contributed by atoms with E-state index in [4.69, 9.17) is 9.47 Å². The fourth-order valence-electron chi connectivity index (χ4n) is 2.89. The third-order valence-electron chi connectivity index (χ3n) is 4.55. The molecular weight excluding hydrogens is 519 g/mol. The molecule has 2 rings (SSSR count). The molecule has 176 valence electrons. The predicted molar refractivity (Wildman–Crippen MR) is 140 cm³/mol. The average molecular weight is 554 g/mol. The van der Waals surface area contributed by atoms with Gasteiger partial charge in [-0.25, -0.2) is 0 Å². The third kappa shape index (κ3) is 10.3. The lowest BCUT2D eigenvalue weighted by atomic mass is 10.1. The molecule has 2 aromatic carbocycles. The second-order valence-electron chi connectivity index (χ2n) is 6.98. The second-order valence-corrected chi connectivity index (χ2v) is 6.98. The first-order valence-corrected chi connectivity index (χ1v) is 10.7. The Balaban J connectivity index is 0.00000512. The van der Waals surface area contributed by atoms with Crippen molar-refractivity contribution in [2.75, 3.05) is 40.0 Å². The van der Waals surface area contributed by atoms with Gasteiger partial charge >= 0.3 is 0 Å². The molecule has 0 unspecified atom stereocenters. The van der Waals surface area contributed by atoms with Gasteiger partial charge in [0, 0.05) is 44.4 Å². The number of nitrogens with zero attached hydrogens (tertiary/aromatic N) is 1. The number of aliphatic imine (C=N–C) groups is 1. The molecule has 0 saturated heterocycles. The zero-order chi connectivity index (χ0) is 22.3. The van der Waals surface area contributed by atoms with Crippen LogP contribution in [0.5, 0.6) is 5.75 Å². The summed E-state index contributed by atoms with van der Waals surface area (Å²) in [5, 5.41) is 9.51. The van der Waals surface area contributed by atoms with Gasteiger partial charge in [-0.05, 0) is 44.0 Å². The van der Waals surface area contributed by atoms with Crippen molar-refractivity contribution in [1.29, 1.82) is 0 Å². The maximum Gasteiger partial charge on any atom is 0.251 e. The van der Waals surface area contributed by atoms with Crippen LogP contribution in [-0.2, 0) is 11.3 Å². The highest BCUT2D eigenvalue weighted by molar-refractivity contribution is 14.0. The van der Waals surface area contributed by atoms with E-state index in [1.807, 2.05) is 38.1 Å². The molecule has 32 heavy (non-hydrogen) atoms. The Bertz CT molecular complexity index is 831. The summed E-state index contributed by atoms with van der Waals surface area (Å²) < 4.78 is 11.2. The summed E-state index contributed by atoms with van der Waals surface area (Å²) >= 11 is 0. The molecular formula is C24H35IN4O3. The minimum Gasteiger partial charge on any atom is -0.491 e. The standard InChI is InChI=1S/C24H34N4O3.HI/c1-4-30-15-16-31-22-17-19(2)11-12-21(22)18-28-24(25-3)27-14-8-13-26-23(29)20-9-6-5-7-10-20;/h5-7,9-12,17H,4,8,13-16,18H2,1-3H3,(H,26,29)(H2,25,27,28);1H. The van der Waals surface area contributed by atoms with Crippen molar-refractivity contribution in [2.24, 2.45) is 4.99 Å². The van der Waals surface area contributed by atoms with Gasteiger partial charge in [-0.3, -0.25) is 9.79 Å². The number of rotatable bonds is 12. The summed E-state index contributed by atoms with van der Waals surface area (Å²) in [6.07, 6.45) is 0.787. The SMILES string of the molecule is CCOCCOc1cc(C)ccc1CNC(=NC)NCCCNC(=O)c1ccccc1.I. The van der Waals surface area contributed by atoms with Crippen molar-refractivity contribution < 1.29 is 14.3 Å². The molecule has 0 aliphatic rings. The molecule has 0 aliphatic heterocycles. The minimum absolute atomic E-state index is 0. The van der Waals surface area contributed by atoms with E-state index in [9.17, 15) is 4.79 Å². The van der Waals surface area contributed by atoms with Crippen molar-refractivity contribution in [1.82, 2.24) is 16.0 Å². The van der Waals surface area contributed by atoms with Crippen molar-refractivity contribution in [3.05, 3.63) is 65.2 Å². The molecule has 0 aliphatic carbocycles. The van der Waals surface area contributed by atoms with Gasteiger partial charge in [0.05, 0.1) is 6.61 Å². The summed E-state index contributed by atoms with van der Waals surface area (Å²) in [6.45, 7) is 7.67. The Morgan fingerprint density at radius 1 is 1.00 bits per heavy atom. The molecule has 7 nitrogen and oxygen atoms in total. The van der Waals surface area contributed by atoms with Gasteiger partial charge in [0.25, 0.3) is 5.91 Å². The third-order valence-corrected chi connectivity index (χ3v) is 4.55. The van der Waals surface area contributed by atoms with Crippen LogP contribution in [0.15, 0.2) is 53.5 Å². The van der Waals surface area contributed by atoms with E-state index in [1.165, 1.54) is 0 Å². The van der Waals surface area contributed by atoms with E-state index in [2.05, 4.69) is 33.1 Å².